The second-order valence-electron chi connectivity index (χ2n) is 7.03. The van der Waals surface area contributed by atoms with Gasteiger partial charge in [0.1, 0.15) is 0 Å². The van der Waals surface area contributed by atoms with Crippen LogP contribution in [-0.4, -0.2) is 101 Å². The standard InChI is InChI=1S/C17H33N5O2/c1-18-17(19-4-2-9-23-13-15-3-10-24-14-15)20-11-16-12-21-5-7-22(16)8-6-21/h15-16H,2-14H2,1H3,(H2,18,19,20). The first-order valence-corrected chi connectivity index (χ1v) is 9.41. The first-order valence-electron chi connectivity index (χ1n) is 9.41. The smallest absolute Gasteiger partial charge is 0.191 e. The lowest BCUT2D eigenvalue weighted by atomic mass is 10.1. The molecule has 7 nitrogen and oxygen atoms in total. The molecule has 2 N–H and O–H groups in total. The maximum absolute atomic E-state index is 5.73. The van der Waals surface area contributed by atoms with E-state index in [0.717, 1.165) is 58.3 Å². The van der Waals surface area contributed by atoms with Crippen molar-refractivity contribution in [1.82, 2.24) is 20.4 Å². The summed E-state index contributed by atoms with van der Waals surface area (Å²) < 4.78 is 11.1. The fourth-order valence-electron chi connectivity index (χ4n) is 3.70. The minimum Gasteiger partial charge on any atom is -0.381 e. The van der Waals surface area contributed by atoms with Crippen molar-refractivity contribution in [2.75, 3.05) is 79.3 Å². The molecular formula is C17H33N5O2. The van der Waals surface area contributed by atoms with Gasteiger partial charge < -0.3 is 20.1 Å². The minimum absolute atomic E-state index is 0.601. The van der Waals surface area contributed by atoms with Crippen LogP contribution in [0.25, 0.3) is 0 Å². The van der Waals surface area contributed by atoms with Gasteiger partial charge in [-0.15, -0.1) is 0 Å². The summed E-state index contributed by atoms with van der Waals surface area (Å²) >= 11 is 0. The molecule has 0 aromatic heterocycles. The number of piperazine rings is 3. The summed E-state index contributed by atoms with van der Waals surface area (Å²) in [7, 11) is 1.84. The van der Waals surface area contributed by atoms with Crippen molar-refractivity contribution < 1.29 is 9.47 Å². The van der Waals surface area contributed by atoms with Crippen molar-refractivity contribution in [3.63, 3.8) is 0 Å². The Labute approximate surface area is 145 Å². The van der Waals surface area contributed by atoms with Crippen molar-refractivity contribution in [2.24, 2.45) is 10.9 Å². The Hall–Kier alpha value is -0.890. The van der Waals surface area contributed by atoms with E-state index in [2.05, 4.69) is 25.4 Å². The highest BCUT2D eigenvalue weighted by atomic mass is 16.5. The fourth-order valence-corrected chi connectivity index (χ4v) is 3.70. The van der Waals surface area contributed by atoms with Crippen LogP contribution >= 0.6 is 0 Å². The molecule has 0 radical (unpaired) electrons. The molecule has 2 atom stereocenters. The van der Waals surface area contributed by atoms with Gasteiger partial charge in [0.15, 0.2) is 5.96 Å². The number of aliphatic imine (C=N–C) groups is 1. The number of fused-ring (bicyclic) bond motifs is 3. The Morgan fingerprint density at radius 2 is 2.12 bits per heavy atom. The summed E-state index contributed by atoms with van der Waals surface area (Å²) in [4.78, 5) is 9.48. The van der Waals surface area contributed by atoms with E-state index in [0.29, 0.717) is 12.0 Å². The molecule has 0 aromatic rings. The summed E-state index contributed by atoms with van der Waals surface area (Å²) in [6.45, 7) is 11.3. The van der Waals surface area contributed by atoms with Crippen molar-refractivity contribution in [2.45, 2.75) is 18.9 Å². The van der Waals surface area contributed by atoms with E-state index in [1.807, 2.05) is 7.05 Å². The summed E-state index contributed by atoms with van der Waals surface area (Å²) in [6, 6.07) is 0.614. The highest BCUT2D eigenvalue weighted by molar-refractivity contribution is 5.79. The molecule has 0 aliphatic carbocycles. The molecule has 0 aromatic carbocycles. The zero-order chi connectivity index (χ0) is 16.6. The van der Waals surface area contributed by atoms with E-state index in [4.69, 9.17) is 9.47 Å². The third-order valence-corrected chi connectivity index (χ3v) is 5.26. The van der Waals surface area contributed by atoms with Gasteiger partial charge in [-0.2, -0.15) is 0 Å². The van der Waals surface area contributed by atoms with Crippen LogP contribution in [0.1, 0.15) is 12.8 Å². The summed E-state index contributed by atoms with van der Waals surface area (Å²) in [5.41, 5.74) is 0. The second-order valence-corrected chi connectivity index (χ2v) is 7.03. The molecular weight excluding hydrogens is 306 g/mol. The summed E-state index contributed by atoms with van der Waals surface area (Å²) in [6.07, 6.45) is 2.14. The van der Waals surface area contributed by atoms with E-state index >= 15 is 0 Å². The predicted molar refractivity (Wildman–Crippen MR) is 95.5 cm³/mol. The molecule has 2 bridgehead atoms. The molecule has 0 saturated carbocycles. The first-order chi connectivity index (χ1) is 11.8. The van der Waals surface area contributed by atoms with Gasteiger partial charge in [0.2, 0.25) is 0 Å². The average Bonchev–Trinajstić information content (AvgIpc) is 3.15. The van der Waals surface area contributed by atoms with E-state index in [1.165, 1.54) is 32.7 Å². The second kappa shape index (κ2) is 9.56. The zero-order valence-corrected chi connectivity index (χ0v) is 15.0. The molecule has 4 aliphatic heterocycles. The molecule has 2 unspecified atom stereocenters. The highest BCUT2D eigenvalue weighted by Crippen LogP contribution is 2.14. The number of nitrogens with zero attached hydrogens (tertiary/aromatic N) is 3. The number of guanidine groups is 1. The van der Waals surface area contributed by atoms with Crippen LogP contribution in [0.4, 0.5) is 0 Å². The van der Waals surface area contributed by atoms with Crippen LogP contribution in [-0.2, 0) is 9.47 Å². The van der Waals surface area contributed by atoms with Gasteiger partial charge >= 0.3 is 0 Å². The molecule has 0 spiro atoms. The van der Waals surface area contributed by atoms with Crippen LogP contribution in [0.15, 0.2) is 4.99 Å². The molecule has 24 heavy (non-hydrogen) atoms. The maximum atomic E-state index is 5.73. The predicted octanol–water partition coefficient (Wildman–Crippen LogP) is -0.406. The van der Waals surface area contributed by atoms with Crippen LogP contribution < -0.4 is 10.6 Å². The lowest BCUT2D eigenvalue weighted by molar-refractivity contribution is 0.0154. The first kappa shape index (κ1) is 17.9. The normalized spacial score (nSPS) is 33.0. The Balaban J connectivity index is 1.23. The lowest BCUT2D eigenvalue weighted by Gasteiger charge is -2.47. The Kier molecular flexibility index (Phi) is 7.13. The van der Waals surface area contributed by atoms with Gasteiger partial charge in [-0.1, -0.05) is 0 Å². The topological polar surface area (TPSA) is 61.4 Å². The van der Waals surface area contributed by atoms with E-state index in [1.54, 1.807) is 0 Å². The van der Waals surface area contributed by atoms with Crippen LogP contribution in [0.3, 0.4) is 0 Å². The summed E-state index contributed by atoms with van der Waals surface area (Å²) in [5, 5.41) is 6.86. The third-order valence-electron chi connectivity index (χ3n) is 5.26. The van der Waals surface area contributed by atoms with Crippen molar-refractivity contribution >= 4 is 5.96 Å². The quantitative estimate of drug-likeness (QED) is 0.356. The zero-order valence-electron chi connectivity index (χ0n) is 15.0. The molecule has 7 heteroatoms. The van der Waals surface area contributed by atoms with Crippen LogP contribution in [0.2, 0.25) is 0 Å². The lowest BCUT2D eigenvalue weighted by Crippen LogP contribution is -2.63. The minimum atomic E-state index is 0.601. The largest absolute Gasteiger partial charge is 0.381 e. The number of hydrogen-bond donors (Lipinski definition) is 2. The monoisotopic (exact) mass is 339 g/mol. The number of rotatable bonds is 8. The molecule has 4 aliphatic rings. The van der Waals surface area contributed by atoms with Gasteiger partial charge in [0, 0.05) is 78.0 Å². The Morgan fingerprint density at radius 1 is 1.25 bits per heavy atom. The highest BCUT2D eigenvalue weighted by Gasteiger charge is 2.31. The SMILES string of the molecule is CN=C(NCCCOCC1CCOC1)NCC1CN2CCN1CC2. The molecule has 4 fully saturated rings. The van der Waals surface area contributed by atoms with Crippen LogP contribution in [0, 0.1) is 5.92 Å². The molecule has 4 heterocycles. The van der Waals surface area contributed by atoms with E-state index in [9.17, 15) is 0 Å². The maximum Gasteiger partial charge on any atom is 0.191 e. The average molecular weight is 339 g/mol. The summed E-state index contributed by atoms with van der Waals surface area (Å²) in [5.74, 6) is 1.50. The van der Waals surface area contributed by atoms with E-state index < -0.39 is 0 Å². The van der Waals surface area contributed by atoms with Gasteiger partial charge in [0.05, 0.1) is 13.2 Å². The van der Waals surface area contributed by atoms with Gasteiger partial charge in [-0.3, -0.25) is 14.8 Å². The van der Waals surface area contributed by atoms with Crippen molar-refractivity contribution in [3.8, 4) is 0 Å². The number of nitrogens with one attached hydrogen (secondary N) is 2. The number of ether oxygens (including phenoxy) is 2. The molecule has 4 rings (SSSR count). The Morgan fingerprint density at radius 3 is 2.79 bits per heavy atom. The van der Waals surface area contributed by atoms with E-state index in [-0.39, 0.29) is 0 Å². The molecule has 4 saturated heterocycles. The third kappa shape index (κ3) is 5.31. The molecule has 0 amide bonds. The van der Waals surface area contributed by atoms with Crippen LogP contribution in [0.5, 0.6) is 0 Å². The number of hydrogen-bond acceptors (Lipinski definition) is 5. The van der Waals surface area contributed by atoms with Gasteiger partial charge in [0.25, 0.3) is 0 Å². The molecule has 138 valence electrons. The Bertz CT molecular complexity index is 392. The van der Waals surface area contributed by atoms with Crippen molar-refractivity contribution in [3.05, 3.63) is 0 Å². The fraction of sp³-hybridized carbons (Fsp3) is 0.941. The van der Waals surface area contributed by atoms with Crippen molar-refractivity contribution in [1.29, 1.82) is 0 Å². The van der Waals surface area contributed by atoms with Gasteiger partial charge in [-0.25, -0.2) is 0 Å². The van der Waals surface area contributed by atoms with Gasteiger partial charge in [-0.05, 0) is 12.8 Å².